The van der Waals surface area contributed by atoms with Crippen molar-refractivity contribution >= 4 is 23.4 Å². The fourth-order valence-corrected chi connectivity index (χ4v) is 4.20. The van der Waals surface area contributed by atoms with Crippen molar-refractivity contribution in [3.63, 3.8) is 0 Å². The van der Waals surface area contributed by atoms with Crippen LogP contribution < -0.4 is 5.32 Å². The molecule has 0 saturated carbocycles. The minimum absolute atomic E-state index is 0.119. The first-order valence-electron chi connectivity index (χ1n) is 10.2. The van der Waals surface area contributed by atoms with Gasteiger partial charge in [0, 0.05) is 18.7 Å². The molecule has 28 heavy (non-hydrogen) atoms. The third-order valence-electron chi connectivity index (χ3n) is 5.80. The zero-order valence-electron chi connectivity index (χ0n) is 17.2. The van der Waals surface area contributed by atoms with E-state index in [9.17, 15) is 14.4 Å². The Morgan fingerprint density at radius 3 is 1.96 bits per heavy atom. The first-order valence-corrected chi connectivity index (χ1v) is 10.2. The maximum Gasteiger partial charge on any atom is 0.233 e. The highest BCUT2D eigenvalue weighted by Gasteiger charge is 2.46. The number of carbonyl (C=O) groups is 3. The largest absolute Gasteiger partial charge is 0.326 e. The first kappa shape index (κ1) is 20.3. The molecule has 1 fully saturated rings. The predicted octanol–water partition coefficient (Wildman–Crippen LogP) is 4.21. The van der Waals surface area contributed by atoms with E-state index in [0.29, 0.717) is 12.8 Å². The lowest BCUT2D eigenvalue weighted by molar-refractivity contribution is -0.140. The SMILES string of the molecule is CC(C)c1cccc(C(C)C)c1NC(=O)CCN1C(=O)[C@@H]2CC=CC[C@H]2C1=O. The molecule has 5 heteroatoms. The van der Waals surface area contributed by atoms with Crippen molar-refractivity contribution in [2.24, 2.45) is 11.8 Å². The van der Waals surface area contributed by atoms with Gasteiger partial charge in [0.25, 0.3) is 0 Å². The van der Waals surface area contributed by atoms with Gasteiger partial charge >= 0.3 is 0 Å². The molecule has 1 aliphatic carbocycles. The summed E-state index contributed by atoms with van der Waals surface area (Å²) in [6.45, 7) is 8.56. The van der Waals surface area contributed by atoms with E-state index in [1.807, 2.05) is 30.4 Å². The molecule has 0 spiro atoms. The van der Waals surface area contributed by atoms with Gasteiger partial charge in [-0.1, -0.05) is 58.0 Å². The number of rotatable bonds is 6. The fourth-order valence-electron chi connectivity index (χ4n) is 4.20. The van der Waals surface area contributed by atoms with Gasteiger partial charge in [0.05, 0.1) is 11.8 Å². The van der Waals surface area contributed by atoms with E-state index >= 15 is 0 Å². The van der Waals surface area contributed by atoms with Crippen molar-refractivity contribution in [2.45, 2.75) is 58.8 Å². The zero-order valence-corrected chi connectivity index (χ0v) is 17.2. The molecule has 3 rings (SSSR count). The third kappa shape index (κ3) is 3.89. The van der Waals surface area contributed by atoms with Crippen LogP contribution in [-0.2, 0) is 14.4 Å². The second-order valence-electron chi connectivity index (χ2n) is 8.40. The van der Waals surface area contributed by atoms with Crippen molar-refractivity contribution in [3.8, 4) is 0 Å². The normalized spacial score (nSPS) is 21.6. The molecule has 1 aliphatic heterocycles. The number of fused-ring (bicyclic) bond motifs is 1. The summed E-state index contributed by atoms with van der Waals surface area (Å²) >= 11 is 0. The number of hydrogen-bond donors (Lipinski definition) is 1. The molecule has 1 saturated heterocycles. The Morgan fingerprint density at radius 2 is 1.50 bits per heavy atom. The lowest BCUT2D eigenvalue weighted by Gasteiger charge is -2.21. The summed E-state index contributed by atoms with van der Waals surface area (Å²) in [5.41, 5.74) is 3.07. The van der Waals surface area contributed by atoms with E-state index in [0.717, 1.165) is 16.8 Å². The van der Waals surface area contributed by atoms with Crippen LogP contribution in [0.4, 0.5) is 5.69 Å². The third-order valence-corrected chi connectivity index (χ3v) is 5.80. The minimum atomic E-state index is -0.241. The second-order valence-corrected chi connectivity index (χ2v) is 8.40. The molecule has 1 aromatic carbocycles. The standard InChI is InChI=1S/C23H30N2O3/c1-14(2)16-10-7-11-17(15(3)4)21(16)24-20(26)12-13-25-22(27)18-8-5-6-9-19(18)23(25)28/h5-7,10-11,14-15,18-19H,8-9,12-13H2,1-4H3,(H,24,26)/t18-,19-/m1/s1. The average Bonchev–Trinajstić information content (AvgIpc) is 2.90. The number of hydrogen-bond acceptors (Lipinski definition) is 3. The van der Waals surface area contributed by atoms with Crippen molar-refractivity contribution in [2.75, 3.05) is 11.9 Å². The van der Waals surface area contributed by atoms with Gasteiger partial charge < -0.3 is 5.32 Å². The lowest BCUT2D eigenvalue weighted by Crippen LogP contribution is -2.34. The highest BCUT2D eigenvalue weighted by atomic mass is 16.2. The Bertz CT molecular complexity index is 758. The number of nitrogens with zero attached hydrogens (tertiary/aromatic N) is 1. The molecule has 0 radical (unpaired) electrons. The molecule has 1 N–H and O–H groups in total. The highest BCUT2D eigenvalue weighted by molar-refractivity contribution is 6.06. The summed E-state index contributed by atoms with van der Waals surface area (Å²) in [4.78, 5) is 39.1. The van der Waals surface area contributed by atoms with Crippen molar-refractivity contribution in [1.29, 1.82) is 0 Å². The summed E-state index contributed by atoms with van der Waals surface area (Å²) in [5.74, 6) is -0.332. The maximum absolute atomic E-state index is 12.7. The van der Waals surface area contributed by atoms with Crippen LogP contribution >= 0.6 is 0 Å². The Hall–Kier alpha value is -2.43. The van der Waals surface area contributed by atoms with Gasteiger partial charge in [0.1, 0.15) is 0 Å². The van der Waals surface area contributed by atoms with Crippen LogP contribution in [0.1, 0.15) is 69.9 Å². The number of anilines is 1. The summed E-state index contributed by atoms with van der Waals surface area (Å²) < 4.78 is 0. The number of allylic oxidation sites excluding steroid dienone is 2. The molecule has 2 aliphatic rings. The Kier molecular flexibility index (Phi) is 6.01. The number of benzene rings is 1. The number of para-hydroxylation sites is 1. The Labute approximate surface area is 167 Å². The van der Waals surface area contributed by atoms with Crippen LogP contribution in [0.15, 0.2) is 30.4 Å². The number of likely N-dealkylation sites (tertiary alicyclic amines) is 1. The Morgan fingerprint density at radius 1 is 1.00 bits per heavy atom. The molecular formula is C23H30N2O3. The number of amides is 3. The average molecular weight is 383 g/mol. The van der Waals surface area contributed by atoms with Gasteiger partial charge in [-0.2, -0.15) is 0 Å². The molecule has 150 valence electrons. The van der Waals surface area contributed by atoms with Gasteiger partial charge in [-0.3, -0.25) is 19.3 Å². The van der Waals surface area contributed by atoms with Crippen LogP contribution in [0.2, 0.25) is 0 Å². The monoisotopic (exact) mass is 382 g/mol. The van der Waals surface area contributed by atoms with Crippen LogP contribution in [0.5, 0.6) is 0 Å². The molecule has 1 aromatic rings. The van der Waals surface area contributed by atoms with E-state index in [4.69, 9.17) is 0 Å². The van der Waals surface area contributed by atoms with Gasteiger partial charge in [0.15, 0.2) is 0 Å². The summed E-state index contributed by atoms with van der Waals surface area (Å²) in [7, 11) is 0. The molecule has 0 aromatic heterocycles. The van der Waals surface area contributed by atoms with Crippen LogP contribution in [0, 0.1) is 11.8 Å². The molecule has 3 amide bonds. The van der Waals surface area contributed by atoms with Gasteiger partial charge in [-0.25, -0.2) is 0 Å². The maximum atomic E-state index is 12.7. The number of imide groups is 1. The summed E-state index contributed by atoms with van der Waals surface area (Å²) in [6, 6.07) is 6.10. The van der Waals surface area contributed by atoms with E-state index in [-0.39, 0.29) is 54.4 Å². The smallest absolute Gasteiger partial charge is 0.233 e. The van der Waals surface area contributed by atoms with E-state index in [2.05, 4.69) is 33.0 Å². The van der Waals surface area contributed by atoms with E-state index in [1.54, 1.807) is 0 Å². The van der Waals surface area contributed by atoms with Crippen molar-refractivity contribution < 1.29 is 14.4 Å². The van der Waals surface area contributed by atoms with Crippen molar-refractivity contribution in [1.82, 2.24) is 4.90 Å². The molecule has 0 bridgehead atoms. The molecule has 1 heterocycles. The molecule has 2 atom stereocenters. The minimum Gasteiger partial charge on any atom is -0.326 e. The van der Waals surface area contributed by atoms with Crippen molar-refractivity contribution in [3.05, 3.63) is 41.5 Å². The highest BCUT2D eigenvalue weighted by Crippen LogP contribution is 2.35. The summed E-state index contributed by atoms with van der Waals surface area (Å²) in [6.07, 6.45) is 5.31. The van der Waals surface area contributed by atoms with Gasteiger partial charge in [0.2, 0.25) is 17.7 Å². The van der Waals surface area contributed by atoms with Crippen LogP contribution in [0.25, 0.3) is 0 Å². The van der Waals surface area contributed by atoms with Crippen LogP contribution in [0.3, 0.4) is 0 Å². The quantitative estimate of drug-likeness (QED) is 0.592. The number of carbonyl (C=O) groups excluding carboxylic acids is 3. The molecular weight excluding hydrogens is 352 g/mol. The molecule has 0 unspecified atom stereocenters. The first-order chi connectivity index (χ1) is 13.3. The topological polar surface area (TPSA) is 66.5 Å². The summed E-state index contributed by atoms with van der Waals surface area (Å²) in [5, 5.41) is 3.06. The van der Waals surface area contributed by atoms with E-state index < -0.39 is 0 Å². The lowest BCUT2D eigenvalue weighted by atomic mass is 9.85. The second kappa shape index (κ2) is 8.29. The fraction of sp³-hybridized carbons (Fsp3) is 0.522. The number of nitrogens with one attached hydrogen (secondary N) is 1. The Balaban J connectivity index is 1.69. The molecule has 5 nitrogen and oxygen atoms in total. The van der Waals surface area contributed by atoms with Crippen LogP contribution in [-0.4, -0.2) is 29.2 Å². The zero-order chi connectivity index (χ0) is 20.4. The predicted molar refractivity (Wildman–Crippen MR) is 110 cm³/mol. The van der Waals surface area contributed by atoms with Gasteiger partial charge in [-0.05, 0) is 35.8 Å². The van der Waals surface area contributed by atoms with Gasteiger partial charge in [-0.15, -0.1) is 0 Å². The van der Waals surface area contributed by atoms with E-state index in [1.165, 1.54) is 4.90 Å².